The molecule has 0 amide bonds. The van der Waals surface area contributed by atoms with Crippen LogP contribution < -0.4 is 20.1 Å². The van der Waals surface area contributed by atoms with Crippen LogP contribution in [0.4, 0.5) is 0 Å². The fraction of sp³-hybridized carbons (Fsp3) is 0.706. The number of nitrogens with one attached hydrogen (secondary N) is 2. The lowest BCUT2D eigenvalue weighted by Gasteiger charge is -2.31. The quantitative estimate of drug-likeness (QED) is 0.209. The first-order chi connectivity index (χ1) is 18.4. The van der Waals surface area contributed by atoms with Gasteiger partial charge in [-0.2, -0.15) is 0 Å². The molecule has 6 nitrogen and oxygen atoms in total. The first-order valence-corrected chi connectivity index (χ1v) is 15.2. The van der Waals surface area contributed by atoms with Gasteiger partial charge in [0, 0.05) is 53.3 Å². The Bertz CT molecular complexity index is 1000. The minimum atomic E-state index is -0.0317. The summed E-state index contributed by atoms with van der Waals surface area (Å²) in [6, 6.07) is 8.25. The number of aryl methyl sites for hydroxylation is 1. The first kappa shape index (κ1) is 34.0. The summed E-state index contributed by atoms with van der Waals surface area (Å²) in [7, 11) is 0. The Hall–Kier alpha value is -2.18. The van der Waals surface area contributed by atoms with Crippen molar-refractivity contribution >= 4 is 0 Å². The molecule has 0 saturated carbocycles. The number of rotatable bonds is 16. The Morgan fingerprint density at radius 1 is 0.800 bits per heavy atom. The molecule has 1 atom stereocenters. The van der Waals surface area contributed by atoms with Gasteiger partial charge in [-0.15, -0.1) is 0 Å². The van der Waals surface area contributed by atoms with Crippen molar-refractivity contribution in [1.82, 2.24) is 20.6 Å². The second-order valence-corrected chi connectivity index (χ2v) is 14.8. The zero-order valence-electron chi connectivity index (χ0n) is 27.4. The van der Waals surface area contributed by atoms with Gasteiger partial charge in [0.2, 0.25) is 5.88 Å². The summed E-state index contributed by atoms with van der Waals surface area (Å²) < 4.78 is 12.0. The monoisotopic (exact) mass is 554 g/mol. The molecule has 0 saturated heterocycles. The van der Waals surface area contributed by atoms with Crippen LogP contribution in [0.3, 0.4) is 0 Å². The molecule has 2 aromatic rings. The van der Waals surface area contributed by atoms with Crippen LogP contribution in [0, 0.1) is 5.41 Å². The van der Waals surface area contributed by atoms with Crippen molar-refractivity contribution in [2.75, 3.05) is 19.7 Å². The number of ether oxygens (including phenoxy) is 2. The van der Waals surface area contributed by atoms with Crippen LogP contribution in [0.1, 0.15) is 113 Å². The van der Waals surface area contributed by atoms with E-state index in [1.807, 2.05) is 24.5 Å². The minimum Gasteiger partial charge on any atom is -0.491 e. The van der Waals surface area contributed by atoms with E-state index in [2.05, 4.69) is 104 Å². The topological polar surface area (TPSA) is 68.3 Å². The third-order valence-corrected chi connectivity index (χ3v) is 7.29. The molecule has 0 aliphatic rings. The van der Waals surface area contributed by atoms with Crippen LogP contribution in [0.5, 0.6) is 11.6 Å². The molecule has 2 heterocycles. The van der Waals surface area contributed by atoms with Crippen LogP contribution in [-0.4, -0.2) is 46.8 Å². The molecule has 0 spiro atoms. The van der Waals surface area contributed by atoms with Gasteiger partial charge < -0.3 is 20.1 Å². The van der Waals surface area contributed by atoms with E-state index in [0.29, 0.717) is 12.5 Å². The maximum absolute atomic E-state index is 6.25. The summed E-state index contributed by atoms with van der Waals surface area (Å²) in [4.78, 5) is 9.26. The maximum atomic E-state index is 6.25. The van der Waals surface area contributed by atoms with Gasteiger partial charge in [0.25, 0.3) is 0 Å². The highest BCUT2D eigenvalue weighted by Gasteiger charge is 2.27. The first-order valence-electron chi connectivity index (χ1n) is 15.2. The second kappa shape index (κ2) is 14.6. The Balaban J connectivity index is 1.82. The SMILES string of the molecule is CC(CCNC(C)(C)C)Oc1ccnc(C(C)(C)CCC(C)(C)CCc2ccc(OCCNC(C)(C)C)nc2)c1. The molecular formula is C34H58N4O2. The van der Waals surface area contributed by atoms with Crippen molar-refractivity contribution in [3.05, 3.63) is 47.9 Å². The average molecular weight is 555 g/mol. The van der Waals surface area contributed by atoms with E-state index in [4.69, 9.17) is 14.5 Å². The lowest BCUT2D eigenvalue weighted by molar-refractivity contribution is 0.204. The van der Waals surface area contributed by atoms with Crippen molar-refractivity contribution in [2.45, 2.75) is 131 Å². The normalized spacial score (nSPS) is 13.8. The number of nitrogens with zero attached hydrogens (tertiary/aromatic N) is 2. The fourth-order valence-electron chi connectivity index (χ4n) is 4.41. The van der Waals surface area contributed by atoms with E-state index in [9.17, 15) is 0 Å². The van der Waals surface area contributed by atoms with Crippen LogP contribution in [0.25, 0.3) is 0 Å². The smallest absolute Gasteiger partial charge is 0.213 e. The van der Waals surface area contributed by atoms with Gasteiger partial charge in [-0.1, -0.05) is 33.8 Å². The van der Waals surface area contributed by atoms with Gasteiger partial charge in [-0.3, -0.25) is 4.98 Å². The third-order valence-electron chi connectivity index (χ3n) is 7.29. The molecule has 1 unspecified atom stereocenters. The van der Waals surface area contributed by atoms with E-state index in [1.54, 1.807) is 0 Å². The lowest BCUT2D eigenvalue weighted by Crippen LogP contribution is -2.38. The number of aromatic nitrogens is 2. The van der Waals surface area contributed by atoms with E-state index in [-0.39, 0.29) is 28.0 Å². The minimum absolute atomic E-state index is 0.0317. The highest BCUT2D eigenvalue weighted by molar-refractivity contribution is 5.27. The summed E-state index contributed by atoms with van der Waals surface area (Å²) in [5.74, 6) is 1.60. The van der Waals surface area contributed by atoms with Crippen LogP contribution in [-0.2, 0) is 11.8 Å². The predicted octanol–water partition coefficient (Wildman–Crippen LogP) is 7.51. The summed E-state index contributed by atoms with van der Waals surface area (Å²) in [6.07, 6.45) is 9.26. The van der Waals surface area contributed by atoms with Crippen molar-refractivity contribution in [1.29, 1.82) is 0 Å². The van der Waals surface area contributed by atoms with Gasteiger partial charge in [0.15, 0.2) is 0 Å². The Morgan fingerprint density at radius 3 is 2.10 bits per heavy atom. The fourth-order valence-corrected chi connectivity index (χ4v) is 4.41. The second-order valence-electron chi connectivity index (χ2n) is 14.8. The molecule has 2 N–H and O–H groups in total. The van der Waals surface area contributed by atoms with Crippen LogP contribution in [0.15, 0.2) is 36.7 Å². The standard InChI is InChI=1S/C34H58N4O2/c1-26(15-21-37-31(2,3)4)40-28-16-20-35-29(24-28)34(10,11)19-18-33(8,9)17-14-27-12-13-30(36-25-27)39-23-22-38-32(5,6)7/h12-13,16,20,24-26,37-38H,14-15,17-19,21-23H2,1-11H3. The van der Waals surface area contributed by atoms with Gasteiger partial charge in [0.1, 0.15) is 12.4 Å². The molecular weight excluding hydrogens is 496 g/mol. The molecule has 226 valence electrons. The molecule has 2 rings (SSSR count). The summed E-state index contributed by atoms with van der Waals surface area (Å²) >= 11 is 0. The average Bonchev–Trinajstić information content (AvgIpc) is 2.84. The predicted molar refractivity (Wildman–Crippen MR) is 169 cm³/mol. The van der Waals surface area contributed by atoms with Crippen molar-refractivity contribution in [3.63, 3.8) is 0 Å². The molecule has 0 aliphatic carbocycles. The van der Waals surface area contributed by atoms with Crippen LogP contribution >= 0.6 is 0 Å². The van der Waals surface area contributed by atoms with E-state index >= 15 is 0 Å². The van der Waals surface area contributed by atoms with Crippen molar-refractivity contribution in [3.8, 4) is 11.6 Å². The number of hydrogen-bond acceptors (Lipinski definition) is 6. The molecule has 2 aromatic heterocycles. The molecule has 0 bridgehead atoms. The van der Waals surface area contributed by atoms with E-state index in [1.165, 1.54) is 5.56 Å². The van der Waals surface area contributed by atoms with Gasteiger partial charge >= 0.3 is 0 Å². The molecule has 0 radical (unpaired) electrons. The molecule has 0 aromatic carbocycles. The third kappa shape index (κ3) is 13.9. The van der Waals surface area contributed by atoms with E-state index in [0.717, 1.165) is 56.6 Å². The van der Waals surface area contributed by atoms with Crippen LogP contribution in [0.2, 0.25) is 0 Å². The largest absolute Gasteiger partial charge is 0.491 e. The highest BCUT2D eigenvalue weighted by Crippen LogP contribution is 2.36. The van der Waals surface area contributed by atoms with E-state index < -0.39 is 0 Å². The lowest BCUT2D eigenvalue weighted by atomic mass is 9.75. The molecule has 0 aliphatic heterocycles. The van der Waals surface area contributed by atoms with Gasteiger partial charge in [-0.25, -0.2) is 4.98 Å². The van der Waals surface area contributed by atoms with Crippen molar-refractivity contribution < 1.29 is 9.47 Å². The number of hydrogen-bond donors (Lipinski definition) is 2. The van der Waals surface area contributed by atoms with Gasteiger partial charge in [-0.05, 0) is 104 Å². The summed E-state index contributed by atoms with van der Waals surface area (Å²) in [5.41, 5.74) is 2.76. The zero-order valence-corrected chi connectivity index (χ0v) is 27.4. The Morgan fingerprint density at radius 2 is 1.48 bits per heavy atom. The molecule has 40 heavy (non-hydrogen) atoms. The van der Waals surface area contributed by atoms with Gasteiger partial charge in [0.05, 0.1) is 6.10 Å². The molecule has 0 fully saturated rings. The Labute approximate surface area is 245 Å². The zero-order chi connectivity index (χ0) is 30.0. The summed E-state index contributed by atoms with van der Waals surface area (Å²) in [5, 5.41) is 6.97. The Kier molecular flexibility index (Phi) is 12.4. The highest BCUT2D eigenvalue weighted by atomic mass is 16.5. The number of pyridine rings is 2. The maximum Gasteiger partial charge on any atom is 0.213 e. The van der Waals surface area contributed by atoms with Crippen molar-refractivity contribution in [2.24, 2.45) is 5.41 Å². The summed E-state index contributed by atoms with van der Waals surface area (Å²) in [6.45, 7) is 26.9. The molecule has 6 heteroatoms.